The lowest BCUT2D eigenvalue weighted by molar-refractivity contribution is 0.0323. The van der Waals surface area contributed by atoms with Gasteiger partial charge in [0.2, 0.25) is 0 Å². The van der Waals surface area contributed by atoms with E-state index in [1.807, 2.05) is 0 Å². The molecule has 66 valence electrons. The molecule has 5 heteroatoms. The lowest BCUT2D eigenvalue weighted by Crippen LogP contribution is -2.19. The van der Waals surface area contributed by atoms with Gasteiger partial charge in [0.25, 0.3) is 0 Å². The summed E-state index contributed by atoms with van der Waals surface area (Å²) in [5.74, 6) is -0.0178. The summed E-state index contributed by atoms with van der Waals surface area (Å²) in [6, 6.07) is 0. The Hall–Kier alpha value is -0.710. The normalized spacial score (nSPS) is 15.6. The van der Waals surface area contributed by atoms with E-state index in [0.29, 0.717) is 5.56 Å². The molecule has 1 aromatic rings. The summed E-state index contributed by atoms with van der Waals surface area (Å²) in [4.78, 5) is 7.39. The van der Waals surface area contributed by atoms with E-state index in [1.54, 1.807) is 0 Å². The number of rotatable bonds is 3. The number of hydrogen-bond acceptors (Lipinski definition) is 4. The van der Waals surface area contributed by atoms with Crippen LogP contribution in [0.1, 0.15) is 11.7 Å². The maximum Gasteiger partial charge on any atom is 0.115 e. The van der Waals surface area contributed by atoms with Gasteiger partial charge in [0.05, 0.1) is 12.0 Å². The van der Waals surface area contributed by atoms with Gasteiger partial charge < -0.3 is 10.2 Å². The minimum absolute atomic E-state index is 0.0178. The van der Waals surface area contributed by atoms with Crippen LogP contribution in [0.5, 0.6) is 0 Å². The molecule has 1 heterocycles. The minimum atomic E-state index is -1.01. The largest absolute Gasteiger partial charge is 0.389 e. The topological polar surface area (TPSA) is 66.2 Å². The Morgan fingerprint density at radius 2 is 1.92 bits per heavy atom. The van der Waals surface area contributed by atoms with Gasteiger partial charge in [-0.1, -0.05) is 0 Å². The van der Waals surface area contributed by atoms with Crippen LogP contribution in [-0.4, -0.2) is 32.2 Å². The van der Waals surface area contributed by atoms with E-state index < -0.39 is 12.2 Å². The van der Waals surface area contributed by atoms with E-state index in [0.717, 1.165) is 0 Å². The van der Waals surface area contributed by atoms with Gasteiger partial charge in [0, 0.05) is 18.0 Å². The van der Waals surface area contributed by atoms with Crippen LogP contribution in [0.2, 0.25) is 0 Å². The van der Waals surface area contributed by atoms with Gasteiger partial charge in [0.1, 0.15) is 12.4 Å². The Bertz CT molecular complexity index is 232. The van der Waals surface area contributed by atoms with Crippen molar-refractivity contribution in [3.8, 4) is 0 Å². The van der Waals surface area contributed by atoms with Gasteiger partial charge in [0.15, 0.2) is 0 Å². The van der Waals surface area contributed by atoms with Crippen molar-refractivity contribution in [2.75, 3.05) is 5.88 Å². The predicted octanol–water partition coefficient (Wildman–Crippen LogP) is 0.110. The van der Waals surface area contributed by atoms with Gasteiger partial charge in [-0.25, -0.2) is 9.97 Å². The highest BCUT2D eigenvalue weighted by molar-refractivity contribution is 6.18. The van der Waals surface area contributed by atoms with Gasteiger partial charge >= 0.3 is 0 Å². The van der Waals surface area contributed by atoms with Crippen LogP contribution in [0.25, 0.3) is 0 Å². The molecule has 12 heavy (non-hydrogen) atoms. The van der Waals surface area contributed by atoms with Crippen LogP contribution in [0.15, 0.2) is 18.7 Å². The number of aliphatic hydroxyl groups is 2. The number of aliphatic hydroxyl groups excluding tert-OH is 2. The SMILES string of the molecule is OC(CCl)C(O)c1cncnc1. The number of alkyl halides is 1. The molecule has 0 fully saturated rings. The van der Waals surface area contributed by atoms with Crippen molar-refractivity contribution >= 4 is 11.6 Å². The summed E-state index contributed by atoms with van der Waals surface area (Å²) in [5, 5.41) is 18.5. The highest BCUT2D eigenvalue weighted by atomic mass is 35.5. The molecule has 0 aliphatic heterocycles. The first-order valence-corrected chi connectivity index (χ1v) is 3.96. The third-order valence-electron chi connectivity index (χ3n) is 1.44. The van der Waals surface area contributed by atoms with Gasteiger partial charge in [-0.3, -0.25) is 0 Å². The number of nitrogens with zero attached hydrogens (tertiary/aromatic N) is 2. The third kappa shape index (κ3) is 2.14. The fourth-order valence-corrected chi connectivity index (χ4v) is 0.939. The molecule has 0 aliphatic carbocycles. The third-order valence-corrected chi connectivity index (χ3v) is 1.76. The molecule has 0 spiro atoms. The zero-order valence-corrected chi connectivity index (χ0v) is 7.02. The smallest absolute Gasteiger partial charge is 0.115 e. The van der Waals surface area contributed by atoms with Gasteiger partial charge in [-0.15, -0.1) is 11.6 Å². The molecule has 0 amide bonds. The van der Waals surface area contributed by atoms with E-state index in [9.17, 15) is 5.11 Å². The second-order valence-electron chi connectivity index (χ2n) is 2.34. The van der Waals surface area contributed by atoms with Crippen LogP contribution >= 0.6 is 11.6 Å². The Balaban J connectivity index is 2.71. The standard InChI is InChI=1S/C7H9ClN2O2/c8-1-6(11)7(12)5-2-9-4-10-3-5/h2-4,6-7,11-12H,1H2. The van der Waals surface area contributed by atoms with Crippen molar-refractivity contribution in [3.05, 3.63) is 24.3 Å². The molecular weight excluding hydrogens is 180 g/mol. The molecule has 0 radical (unpaired) electrons. The number of aromatic nitrogens is 2. The average Bonchev–Trinajstić information content (AvgIpc) is 2.17. The average molecular weight is 189 g/mol. The summed E-state index contributed by atoms with van der Waals surface area (Å²) < 4.78 is 0. The lowest BCUT2D eigenvalue weighted by atomic mass is 10.1. The highest BCUT2D eigenvalue weighted by Crippen LogP contribution is 2.14. The molecule has 0 aromatic carbocycles. The van der Waals surface area contributed by atoms with Crippen molar-refractivity contribution in [1.29, 1.82) is 0 Å². The molecule has 2 unspecified atom stereocenters. The Morgan fingerprint density at radius 3 is 2.42 bits per heavy atom. The molecule has 1 rings (SSSR count). The second-order valence-corrected chi connectivity index (χ2v) is 2.65. The number of hydrogen-bond donors (Lipinski definition) is 2. The van der Waals surface area contributed by atoms with Crippen LogP contribution in [0.3, 0.4) is 0 Å². The van der Waals surface area contributed by atoms with Crippen molar-refractivity contribution in [1.82, 2.24) is 9.97 Å². The fourth-order valence-electron chi connectivity index (χ4n) is 0.770. The summed E-state index contributed by atoms with van der Waals surface area (Å²) >= 11 is 5.35. The van der Waals surface area contributed by atoms with E-state index in [1.165, 1.54) is 18.7 Å². The molecule has 0 saturated carbocycles. The monoisotopic (exact) mass is 188 g/mol. The first-order valence-electron chi connectivity index (χ1n) is 3.42. The molecule has 0 aliphatic rings. The Morgan fingerprint density at radius 1 is 1.33 bits per heavy atom. The first-order chi connectivity index (χ1) is 5.75. The maximum atomic E-state index is 9.37. The minimum Gasteiger partial charge on any atom is -0.389 e. The highest BCUT2D eigenvalue weighted by Gasteiger charge is 2.17. The van der Waals surface area contributed by atoms with Gasteiger partial charge in [-0.05, 0) is 0 Å². The summed E-state index contributed by atoms with van der Waals surface area (Å²) in [5.41, 5.74) is 0.464. The summed E-state index contributed by atoms with van der Waals surface area (Å²) in [6.45, 7) is 0. The van der Waals surface area contributed by atoms with Crippen LogP contribution in [-0.2, 0) is 0 Å². The molecule has 2 N–H and O–H groups in total. The van der Waals surface area contributed by atoms with Crippen LogP contribution in [0, 0.1) is 0 Å². The van der Waals surface area contributed by atoms with E-state index in [4.69, 9.17) is 16.7 Å². The predicted molar refractivity (Wildman–Crippen MR) is 43.7 cm³/mol. The zero-order chi connectivity index (χ0) is 8.97. The molecule has 0 bridgehead atoms. The van der Waals surface area contributed by atoms with Crippen molar-refractivity contribution in [3.63, 3.8) is 0 Å². The number of halogens is 1. The summed E-state index contributed by atoms with van der Waals surface area (Å²) in [6.07, 6.45) is 2.24. The molecule has 1 aromatic heterocycles. The Labute approximate surface area is 74.9 Å². The lowest BCUT2D eigenvalue weighted by Gasteiger charge is -2.13. The summed E-state index contributed by atoms with van der Waals surface area (Å²) in [7, 11) is 0. The van der Waals surface area contributed by atoms with E-state index in [-0.39, 0.29) is 5.88 Å². The molecular formula is C7H9ClN2O2. The molecule has 0 saturated heterocycles. The maximum absolute atomic E-state index is 9.37. The van der Waals surface area contributed by atoms with Crippen molar-refractivity contribution in [2.45, 2.75) is 12.2 Å². The van der Waals surface area contributed by atoms with E-state index in [2.05, 4.69) is 9.97 Å². The Kier molecular flexibility index (Phi) is 3.40. The van der Waals surface area contributed by atoms with Crippen molar-refractivity contribution < 1.29 is 10.2 Å². The fraction of sp³-hybridized carbons (Fsp3) is 0.429. The van der Waals surface area contributed by atoms with Crippen LogP contribution in [0.4, 0.5) is 0 Å². The van der Waals surface area contributed by atoms with Crippen LogP contribution < -0.4 is 0 Å². The van der Waals surface area contributed by atoms with Gasteiger partial charge in [-0.2, -0.15) is 0 Å². The van der Waals surface area contributed by atoms with E-state index >= 15 is 0 Å². The second kappa shape index (κ2) is 4.35. The first kappa shape index (κ1) is 9.38. The zero-order valence-electron chi connectivity index (χ0n) is 6.26. The molecule has 4 nitrogen and oxygen atoms in total. The quantitative estimate of drug-likeness (QED) is 0.661. The van der Waals surface area contributed by atoms with Crippen molar-refractivity contribution in [2.24, 2.45) is 0 Å². The molecule has 2 atom stereocenters.